The maximum absolute atomic E-state index is 1.65. The lowest BCUT2D eigenvalue weighted by Crippen LogP contribution is -2.76. The first kappa shape index (κ1) is 6.48. The van der Waals surface area contributed by atoms with Gasteiger partial charge in [-0.05, 0) is 60.2 Å². The quantitative estimate of drug-likeness (QED) is 0.529. The zero-order chi connectivity index (χ0) is 8.15. The second-order valence-electron chi connectivity index (χ2n) is 6.56. The summed E-state index contributed by atoms with van der Waals surface area (Å²) in [5.74, 6) is 10.1. The molecule has 5 fully saturated rings. The van der Waals surface area contributed by atoms with Gasteiger partial charge in [0, 0.05) is 0 Å². The third-order valence-corrected chi connectivity index (χ3v) is 6.70. The van der Waals surface area contributed by atoms with Crippen LogP contribution < -0.4 is 0 Å². The van der Waals surface area contributed by atoms with Crippen molar-refractivity contribution in [2.75, 3.05) is 0 Å². The molecule has 5 aliphatic carbocycles. The summed E-state index contributed by atoms with van der Waals surface area (Å²) in [6.07, 6.45) is 8.11. The third kappa shape index (κ3) is 0.480. The molecule has 0 radical (unpaired) electrons. The molecule has 0 heterocycles. The van der Waals surface area contributed by atoms with Gasteiger partial charge in [-0.1, -0.05) is 19.3 Å². The van der Waals surface area contributed by atoms with Crippen molar-refractivity contribution in [1.82, 2.24) is 0 Å². The largest absolute Gasteiger partial charge is 0.0528 e. The third-order valence-electron chi connectivity index (χ3n) is 6.70. The molecule has 0 nitrogen and oxygen atoms in total. The van der Waals surface area contributed by atoms with Crippen molar-refractivity contribution in [3.05, 3.63) is 0 Å². The van der Waals surface area contributed by atoms with Gasteiger partial charge in [0.05, 0.1) is 0 Å². The molecule has 0 aromatic carbocycles. The minimum Gasteiger partial charge on any atom is -0.0528 e. The van der Waals surface area contributed by atoms with Gasteiger partial charge in [0.25, 0.3) is 0 Å². The second kappa shape index (κ2) is 1.73. The molecule has 0 spiro atoms. The van der Waals surface area contributed by atoms with Crippen LogP contribution in [0.3, 0.4) is 0 Å². The van der Waals surface area contributed by atoms with Gasteiger partial charge in [-0.15, -0.1) is 0 Å². The van der Waals surface area contributed by atoms with Crippen LogP contribution in [0.25, 0.3) is 0 Å². The molecule has 0 amide bonds. The first-order chi connectivity index (χ1) is 6.45. The Morgan fingerprint density at radius 3 is 1.85 bits per heavy atom. The molecule has 0 bridgehead atoms. The van der Waals surface area contributed by atoms with Crippen molar-refractivity contribution in [2.24, 2.45) is 47.3 Å². The van der Waals surface area contributed by atoms with E-state index in [2.05, 4.69) is 0 Å². The monoisotopic (exact) mass is 174 g/mol. The zero-order valence-corrected chi connectivity index (χ0v) is 8.15. The SMILES string of the molecule is C1CC2CC3C2C2C4C(C1)CC4C32. The van der Waals surface area contributed by atoms with Crippen LogP contribution in [0.2, 0.25) is 0 Å². The van der Waals surface area contributed by atoms with E-state index in [0.29, 0.717) is 0 Å². The average molecular weight is 174 g/mol. The van der Waals surface area contributed by atoms with Crippen LogP contribution in [0, 0.1) is 47.3 Å². The lowest BCUT2D eigenvalue weighted by atomic mass is 9.23. The Hall–Kier alpha value is 0. The Morgan fingerprint density at radius 1 is 0.615 bits per heavy atom. The predicted molar refractivity (Wildman–Crippen MR) is 51.0 cm³/mol. The highest BCUT2D eigenvalue weighted by molar-refractivity contribution is 5.23. The fraction of sp³-hybridized carbons (Fsp3) is 1.00. The van der Waals surface area contributed by atoms with Crippen LogP contribution in [0.5, 0.6) is 0 Å². The molecule has 6 unspecified atom stereocenters. The van der Waals surface area contributed by atoms with Crippen molar-refractivity contribution < 1.29 is 0 Å². The first-order valence-corrected chi connectivity index (χ1v) is 6.45. The van der Waals surface area contributed by atoms with E-state index in [1.54, 1.807) is 32.1 Å². The zero-order valence-electron chi connectivity index (χ0n) is 8.15. The van der Waals surface area contributed by atoms with E-state index in [1.165, 1.54) is 47.3 Å². The molecule has 13 heavy (non-hydrogen) atoms. The highest BCUT2D eigenvalue weighted by Gasteiger charge is 2.75. The molecule has 0 aliphatic heterocycles. The molecule has 5 saturated carbocycles. The molecule has 0 heteroatoms. The fourth-order valence-corrected chi connectivity index (χ4v) is 6.29. The molecule has 0 saturated heterocycles. The van der Waals surface area contributed by atoms with E-state index in [9.17, 15) is 0 Å². The van der Waals surface area contributed by atoms with Gasteiger partial charge >= 0.3 is 0 Å². The summed E-state index contributed by atoms with van der Waals surface area (Å²) in [6.45, 7) is 0. The van der Waals surface area contributed by atoms with Crippen LogP contribution in [0.15, 0.2) is 0 Å². The summed E-state index contributed by atoms with van der Waals surface area (Å²) in [5.41, 5.74) is 0. The van der Waals surface area contributed by atoms with Crippen LogP contribution in [-0.2, 0) is 0 Å². The molecular weight excluding hydrogens is 156 g/mol. The number of fused-ring (bicyclic) bond motifs is 2. The summed E-state index contributed by atoms with van der Waals surface area (Å²) in [7, 11) is 0. The molecule has 0 aromatic rings. The summed E-state index contributed by atoms with van der Waals surface area (Å²) in [4.78, 5) is 0. The minimum atomic E-state index is 1.22. The van der Waals surface area contributed by atoms with E-state index in [0.717, 1.165) is 0 Å². The minimum absolute atomic E-state index is 1.22. The molecular formula is C13H18. The van der Waals surface area contributed by atoms with Gasteiger partial charge in [-0.2, -0.15) is 0 Å². The van der Waals surface area contributed by atoms with Gasteiger partial charge < -0.3 is 0 Å². The standard InChI is InChI=1S/C13H18/c1-2-6-4-8-10(6)13-11-7(3-1)5-9(11)12(8)13/h6-13H,1-5H2. The fourth-order valence-electron chi connectivity index (χ4n) is 6.29. The average Bonchev–Trinajstić information content (AvgIpc) is 2.12. The van der Waals surface area contributed by atoms with Crippen molar-refractivity contribution in [1.29, 1.82) is 0 Å². The maximum atomic E-state index is 1.65. The molecule has 5 rings (SSSR count). The molecule has 70 valence electrons. The Kier molecular flexibility index (Phi) is 0.860. The molecule has 6 atom stereocenters. The van der Waals surface area contributed by atoms with Gasteiger partial charge in [0.15, 0.2) is 0 Å². The van der Waals surface area contributed by atoms with Crippen LogP contribution >= 0.6 is 0 Å². The Balaban J connectivity index is 1.56. The Bertz CT molecular complexity index is 242. The highest BCUT2D eigenvalue weighted by Crippen LogP contribution is 2.81. The molecule has 5 aliphatic rings. The Morgan fingerprint density at radius 2 is 1.23 bits per heavy atom. The van der Waals surface area contributed by atoms with E-state index in [-0.39, 0.29) is 0 Å². The van der Waals surface area contributed by atoms with E-state index in [1.807, 2.05) is 0 Å². The Labute approximate surface area is 80.1 Å². The number of hydrogen-bond donors (Lipinski definition) is 0. The lowest BCUT2D eigenvalue weighted by Gasteiger charge is -2.81. The molecule has 0 aromatic heterocycles. The first-order valence-electron chi connectivity index (χ1n) is 6.45. The lowest BCUT2D eigenvalue weighted by molar-refractivity contribution is -0.338. The van der Waals surface area contributed by atoms with Crippen molar-refractivity contribution in [3.63, 3.8) is 0 Å². The second-order valence-corrected chi connectivity index (χ2v) is 6.56. The predicted octanol–water partition coefficient (Wildman–Crippen LogP) is 2.93. The van der Waals surface area contributed by atoms with E-state index >= 15 is 0 Å². The summed E-state index contributed by atoms with van der Waals surface area (Å²) >= 11 is 0. The van der Waals surface area contributed by atoms with E-state index in [4.69, 9.17) is 0 Å². The van der Waals surface area contributed by atoms with Crippen molar-refractivity contribution in [2.45, 2.75) is 32.1 Å². The van der Waals surface area contributed by atoms with E-state index < -0.39 is 0 Å². The molecule has 0 N–H and O–H groups in total. The smallest absolute Gasteiger partial charge is 0.0313 e. The van der Waals surface area contributed by atoms with Crippen molar-refractivity contribution in [3.8, 4) is 0 Å². The number of hydrogen-bond acceptors (Lipinski definition) is 0. The van der Waals surface area contributed by atoms with Gasteiger partial charge in [-0.3, -0.25) is 0 Å². The summed E-state index contributed by atoms with van der Waals surface area (Å²) in [6, 6.07) is 0. The van der Waals surface area contributed by atoms with Gasteiger partial charge in [-0.25, -0.2) is 0 Å². The van der Waals surface area contributed by atoms with Crippen molar-refractivity contribution >= 4 is 0 Å². The van der Waals surface area contributed by atoms with Crippen LogP contribution in [0.4, 0.5) is 0 Å². The highest BCUT2D eigenvalue weighted by atomic mass is 14.8. The summed E-state index contributed by atoms with van der Waals surface area (Å²) < 4.78 is 0. The van der Waals surface area contributed by atoms with Crippen LogP contribution in [0.1, 0.15) is 32.1 Å². The maximum Gasteiger partial charge on any atom is -0.0313 e. The number of rotatable bonds is 0. The normalized spacial score (nSPS) is 75.7. The topological polar surface area (TPSA) is 0 Å². The van der Waals surface area contributed by atoms with Gasteiger partial charge in [0.1, 0.15) is 0 Å². The van der Waals surface area contributed by atoms with Crippen LogP contribution in [-0.4, -0.2) is 0 Å². The van der Waals surface area contributed by atoms with Gasteiger partial charge in [0.2, 0.25) is 0 Å². The summed E-state index contributed by atoms with van der Waals surface area (Å²) in [5, 5.41) is 0.